The molecule has 1 aromatic carbocycles. The third kappa shape index (κ3) is 3.25. The van der Waals surface area contributed by atoms with Gasteiger partial charge in [-0.2, -0.15) is 0 Å². The zero-order valence-corrected chi connectivity index (χ0v) is 12.9. The number of nitrogens with one attached hydrogen (secondary N) is 1. The molecule has 0 radical (unpaired) electrons. The number of benzene rings is 1. The van der Waals surface area contributed by atoms with Crippen molar-refractivity contribution in [3.8, 4) is 5.75 Å². The van der Waals surface area contributed by atoms with Gasteiger partial charge in [0.25, 0.3) is 5.91 Å². The summed E-state index contributed by atoms with van der Waals surface area (Å²) in [6.45, 7) is 1.79. The molecule has 2 aliphatic rings. The summed E-state index contributed by atoms with van der Waals surface area (Å²) in [6.07, 6.45) is 3.83. The van der Waals surface area contributed by atoms with E-state index in [1.54, 1.807) is 29.2 Å². The van der Waals surface area contributed by atoms with Gasteiger partial charge in [0.2, 0.25) is 5.91 Å². The second-order valence-corrected chi connectivity index (χ2v) is 5.85. The summed E-state index contributed by atoms with van der Waals surface area (Å²) in [4.78, 5) is 25.8. The molecule has 116 valence electrons. The molecule has 1 fully saturated rings. The molecule has 3 rings (SSSR count). The van der Waals surface area contributed by atoms with E-state index in [1.807, 2.05) is 0 Å². The molecule has 2 aliphatic heterocycles. The lowest BCUT2D eigenvalue weighted by Crippen LogP contribution is -2.39. The molecule has 0 saturated carbocycles. The summed E-state index contributed by atoms with van der Waals surface area (Å²) in [5.41, 5.74) is 1.26. The molecule has 6 heteroatoms. The monoisotopic (exact) mass is 320 g/mol. The highest BCUT2D eigenvalue weighted by Gasteiger charge is 2.21. The number of likely N-dealkylation sites (tertiary alicyclic amines) is 1. The lowest BCUT2D eigenvalue weighted by atomic mass is 10.1. The van der Waals surface area contributed by atoms with Gasteiger partial charge in [0, 0.05) is 23.7 Å². The van der Waals surface area contributed by atoms with E-state index in [0.29, 0.717) is 16.3 Å². The van der Waals surface area contributed by atoms with Crippen molar-refractivity contribution >= 4 is 29.5 Å². The average Bonchev–Trinajstić information content (AvgIpc) is 3.06. The van der Waals surface area contributed by atoms with Crippen LogP contribution >= 0.6 is 11.6 Å². The van der Waals surface area contributed by atoms with Crippen LogP contribution in [0.25, 0.3) is 6.08 Å². The van der Waals surface area contributed by atoms with Gasteiger partial charge in [-0.15, -0.1) is 0 Å². The first-order valence-corrected chi connectivity index (χ1v) is 7.70. The van der Waals surface area contributed by atoms with Crippen LogP contribution in [0.15, 0.2) is 23.8 Å². The molecule has 1 saturated heterocycles. The Morgan fingerprint density at radius 1 is 1.27 bits per heavy atom. The van der Waals surface area contributed by atoms with E-state index < -0.39 is 0 Å². The predicted octanol–water partition coefficient (Wildman–Crippen LogP) is 1.85. The third-order valence-corrected chi connectivity index (χ3v) is 4.07. The van der Waals surface area contributed by atoms with E-state index in [9.17, 15) is 9.59 Å². The van der Waals surface area contributed by atoms with Gasteiger partial charge >= 0.3 is 0 Å². The SMILES string of the molecule is O=C(NCC(=O)N1CCCC1)C1=Cc2cc(Cl)ccc2OC1. The highest BCUT2D eigenvalue weighted by Crippen LogP contribution is 2.28. The van der Waals surface area contributed by atoms with Crippen LogP contribution in [-0.2, 0) is 9.59 Å². The maximum Gasteiger partial charge on any atom is 0.251 e. The Bertz CT molecular complexity index is 636. The van der Waals surface area contributed by atoms with Gasteiger partial charge in [-0.25, -0.2) is 0 Å². The number of fused-ring (bicyclic) bond motifs is 1. The van der Waals surface area contributed by atoms with E-state index in [0.717, 1.165) is 31.5 Å². The van der Waals surface area contributed by atoms with Gasteiger partial charge in [-0.05, 0) is 37.1 Å². The van der Waals surface area contributed by atoms with Crippen molar-refractivity contribution in [3.05, 3.63) is 34.4 Å². The standard InChI is InChI=1S/C16H17ClN2O3/c17-13-3-4-14-11(8-13)7-12(10-22-14)16(21)18-9-15(20)19-5-1-2-6-19/h3-4,7-8H,1-2,5-6,9-10H2,(H,18,21). The molecule has 0 spiro atoms. The molecule has 1 aromatic rings. The summed E-state index contributed by atoms with van der Waals surface area (Å²) < 4.78 is 5.54. The van der Waals surface area contributed by atoms with Crippen LogP contribution < -0.4 is 10.1 Å². The van der Waals surface area contributed by atoms with E-state index in [2.05, 4.69) is 5.32 Å². The van der Waals surface area contributed by atoms with Crippen molar-refractivity contribution < 1.29 is 14.3 Å². The van der Waals surface area contributed by atoms with Crippen LogP contribution in [0, 0.1) is 0 Å². The number of hydrogen-bond acceptors (Lipinski definition) is 3. The zero-order valence-electron chi connectivity index (χ0n) is 12.1. The van der Waals surface area contributed by atoms with Gasteiger partial charge in [0.05, 0.1) is 12.1 Å². The van der Waals surface area contributed by atoms with E-state index in [4.69, 9.17) is 16.3 Å². The summed E-state index contributed by atoms with van der Waals surface area (Å²) in [5.74, 6) is 0.388. The minimum Gasteiger partial charge on any atom is -0.488 e. The Morgan fingerprint density at radius 3 is 2.82 bits per heavy atom. The maximum atomic E-state index is 12.1. The molecule has 0 aromatic heterocycles. The predicted molar refractivity (Wildman–Crippen MR) is 83.7 cm³/mol. The summed E-state index contributed by atoms with van der Waals surface area (Å²) in [5, 5.41) is 3.25. The van der Waals surface area contributed by atoms with Crippen LogP contribution in [0.5, 0.6) is 5.75 Å². The van der Waals surface area contributed by atoms with Crippen molar-refractivity contribution in [1.82, 2.24) is 10.2 Å². The van der Waals surface area contributed by atoms with Crippen LogP contribution in [-0.4, -0.2) is 43.0 Å². The van der Waals surface area contributed by atoms with Crippen molar-refractivity contribution in [2.75, 3.05) is 26.2 Å². The number of ether oxygens (including phenoxy) is 1. The average molecular weight is 321 g/mol. The maximum absolute atomic E-state index is 12.1. The Morgan fingerprint density at radius 2 is 2.05 bits per heavy atom. The number of carbonyl (C=O) groups excluding carboxylic acids is 2. The molecule has 0 unspecified atom stereocenters. The summed E-state index contributed by atoms with van der Waals surface area (Å²) in [6, 6.07) is 5.27. The van der Waals surface area contributed by atoms with Gasteiger partial charge in [-0.3, -0.25) is 9.59 Å². The van der Waals surface area contributed by atoms with Crippen molar-refractivity contribution in [2.24, 2.45) is 0 Å². The highest BCUT2D eigenvalue weighted by atomic mass is 35.5. The topological polar surface area (TPSA) is 58.6 Å². The summed E-state index contributed by atoms with van der Waals surface area (Å²) >= 11 is 5.94. The third-order valence-electron chi connectivity index (χ3n) is 3.84. The lowest BCUT2D eigenvalue weighted by Gasteiger charge is -2.19. The Kier molecular flexibility index (Phi) is 4.34. The van der Waals surface area contributed by atoms with Gasteiger partial charge in [-0.1, -0.05) is 11.6 Å². The number of amides is 2. The van der Waals surface area contributed by atoms with Crippen LogP contribution in [0.4, 0.5) is 0 Å². The Hall–Kier alpha value is -2.01. The van der Waals surface area contributed by atoms with Gasteiger partial charge in [0.15, 0.2) is 0 Å². The molecule has 5 nitrogen and oxygen atoms in total. The van der Waals surface area contributed by atoms with Crippen molar-refractivity contribution in [1.29, 1.82) is 0 Å². The number of halogens is 1. The number of carbonyl (C=O) groups is 2. The highest BCUT2D eigenvalue weighted by molar-refractivity contribution is 6.30. The van der Waals surface area contributed by atoms with Gasteiger partial charge < -0.3 is 15.0 Å². The second-order valence-electron chi connectivity index (χ2n) is 5.41. The van der Waals surface area contributed by atoms with E-state index >= 15 is 0 Å². The van der Waals surface area contributed by atoms with Crippen molar-refractivity contribution in [3.63, 3.8) is 0 Å². The number of hydrogen-bond donors (Lipinski definition) is 1. The fraction of sp³-hybridized carbons (Fsp3) is 0.375. The molecule has 2 heterocycles. The normalized spacial score (nSPS) is 16.6. The quantitative estimate of drug-likeness (QED) is 0.924. The van der Waals surface area contributed by atoms with Crippen LogP contribution in [0.1, 0.15) is 18.4 Å². The minimum atomic E-state index is -0.279. The first kappa shape index (κ1) is 14.9. The summed E-state index contributed by atoms with van der Waals surface area (Å²) in [7, 11) is 0. The Balaban J connectivity index is 1.62. The lowest BCUT2D eigenvalue weighted by molar-refractivity contribution is -0.131. The molecule has 0 aliphatic carbocycles. The Labute approximate surface area is 133 Å². The first-order chi connectivity index (χ1) is 10.6. The molecule has 0 bridgehead atoms. The first-order valence-electron chi connectivity index (χ1n) is 7.32. The van der Waals surface area contributed by atoms with Crippen molar-refractivity contribution in [2.45, 2.75) is 12.8 Å². The van der Waals surface area contributed by atoms with E-state index in [-0.39, 0.29) is 25.0 Å². The number of nitrogens with zero attached hydrogens (tertiary/aromatic N) is 1. The molecule has 22 heavy (non-hydrogen) atoms. The largest absolute Gasteiger partial charge is 0.488 e. The van der Waals surface area contributed by atoms with Crippen LogP contribution in [0.3, 0.4) is 0 Å². The smallest absolute Gasteiger partial charge is 0.251 e. The zero-order chi connectivity index (χ0) is 15.5. The molecular weight excluding hydrogens is 304 g/mol. The fourth-order valence-corrected chi connectivity index (χ4v) is 2.81. The molecule has 1 N–H and O–H groups in total. The fourth-order valence-electron chi connectivity index (χ4n) is 2.63. The molecule has 0 atom stereocenters. The molecule has 2 amide bonds. The van der Waals surface area contributed by atoms with E-state index in [1.165, 1.54) is 0 Å². The van der Waals surface area contributed by atoms with Crippen LogP contribution in [0.2, 0.25) is 5.02 Å². The molecular formula is C16H17ClN2O3. The number of rotatable bonds is 3. The second kappa shape index (κ2) is 6.40. The minimum absolute atomic E-state index is 0.0264. The van der Waals surface area contributed by atoms with Gasteiger partial charge in [0.1, 0.15) is 12.4 Å².